The average molecular weight is 403 g/mol. The van der Waals surface area contributed by atoms with Gasteiger partial charge in [-0.05, 0) is 30.7 Å². The first-order valence-electron chi connectivity index (χ1n) is 10.1. The van der Waals surface area contributed by atoms with E-state index in [4.69, 9.17) is 14.7 Å². The lowest BCUT2D eigenvalue weighted by Gasteiger charge is -2.18. The first-order chi connectivity index (χ1) is 14.7. The molecule has 0 radical (unpaired) electrons. The summed E-state index contributed by atoms with van der Waals surface area (Å²) in [5.41, 5.74) is 2.62. The van der Waals surface area contributed by atoms with Crippen LogP contribution < -0.4 is 15.0 Å². The van der Waals surface area contributed by atoms with Gasteiger partial charge in [0.15, 0.2) is 5.65 Å². The van der Waals surface area contributed by atoms with Crippen molar-refractivity contribution < 1.29 is 4.74 Å². The fourth-order valence-corrected chi connectivity index (χ4v) is 3.25. The molecule has 2 aromatic carbocycles. The van der Waals surface area contributed by atoms with Gasteiger partial charge in [0, 0.05) is 25.3 Å². The molecule has 7 heteroatoms. The summed E-state index contributed by atoms with van der Waals surface area (Å²) < 4.78 is 7.20. The van der Waals surface area contributed by atoms with E-state index in [1.165, 1.54) is 0 Å². The predicted molar refractivity (Wildman–Crippen MR) is 121 cm³/mol. The van der Waals surface area contributed by atoms with Crippen LogP contribution in [0.25, 0.3) is 16.7 Å². The Kier molecular flexibility index (Phi) is 5.79. The van der Waals surface area contributed by atoms with Gasteiger partial charge in [-0.15, -0.1) is 0 Å². The predicted octanol–water partition coefficient (Wildman–Crippen LogP) is 4.80. The fourth-order valence-electron chi connectivity index (χ4n) is 3.25. The summed E-state index contributed by atoms with van der Waals surface area (Å²) >= 11 is 0. The standard InChI is InChI=1S/C23H26N6O/c1-4-5-14-28(2)23-26-21(25-17-10-9-13-19(15-17)30-3)20-16-24-29(22(20)27-23)18-11-7-6-8-12-18/h6-13,15-16H,4-5,14H2,1-3H3,(H,25,26,27). The minimum absolute atomic E-state index is 0.666. The summed E-state index contributed by atoms with van der Waals surface area (Å²) in [6.07, 6.45) is 4.00. The second-order valence-corrected chi connectivity index (χ2v) is 7.13. The number of hydrogen-bond acceptors (Lipinski definition) is 6. The zero-order valence-electron chi connectivity index (χ0n) is 17.5. The number of unbranched alkanes of at least 4 members (excludes halogenated alkanes) is 1. The van der Waals surface area contributed by atoms with Crippen molar-refractivity contribution in [2.24, 2.45) is 0 Å². The number of anilines is 3. The van der Waals surface area contributed by atoms with Gasteiger partial charge in [0.05, 0.1) is 24.4 Å². The Morgan fingerprint density at radius 2 is 1.90 bits per heavy atom. The first kappa shape index (κ1) is 19.7. The lowest BCUT2D eigenvalue weighted by atomic mass is 10.3. The van der Waals surface area contributed by atoms with E-state index in [9.17, 15) is 0 Å². The number of benzene rings is 2. The summed E-state index contributed by atoms with van der Waals surface area (Å²) in [5.74, 6) is 2.17. The number of ether oxygens (including phenoxy) is 1. The van der Waals surface area contributed by atoms with Gasteiger partial charge in [-0.3, -0.25) is 0 Å². The Hall–Kier alpha value is -3.61. The molecule has 2 aromatic heterocycles. The quantitative estimate of drug-likeness (QED) is 0.456. The molecule has 0 unspecified atom stereocenters. The van der Waals surface area contributed by atoms with Crippen LogP contribution in [-0.2, 0) is 0 Å². The van der Waals surface area contributed by atoms with E-state index in [1.54, 1.807) is 13.3 Å². The normalized spacial score (nSPS) is 10.9. The molecule has 1 N–H and O–H groups in total. The summed E-state index contributed by atoms with van der Waals surface area (Å²) in [5, 5.41) is 8.88. The van der Waals surface area contributed by atoms with Crippen LogP contribution in [0.4, 0.5) is 17.5 Å². The van der Waals surface area contributed by atoms with Crippen molar-refractivity contribution in [1.29, 1.82) is 0 Å². The topological polar surface area (TPSA) is 68.1 Å². The highest BCUT2D eigenvalue weighted by molar-refractivity contribution is 5.90. The van der Waals surface area contributed by atoms with E-state index < -0.39 is 0 Å². The molecule has 0 aliphatic carbocycles. The van der Waals surface area contributed by atoms with Crippen molar-refractivity contribution in [3.63, 3.8) is 0 Å². The molecule has 7 nitrogen and oxygen atoms in total. The van der Waals surface area contributed by atoms with E-state index >= 15 is 0 Å². The molecule has 0 fully saturated rings. The molecule has 154 valence electrons. The van der Waals surface area contributed by atoms with Gasteiger partial charge in [0.1, 0.15) is 11.6 Å². The number of fused-ring (bicyclic) bond motifs is 1. The number of aromatic nitrogens is 4. The van der Waals surface area contributed by atoms with Crippen molar-refractivity contribution in [1.82, 2.24) is 19.7 Å². The Labute approximate surface area is 176 Å². The second-order valence-electron chi connectivity index (χ2n) is 7.13. The molecule has 30 heavy (non-hydrogen) atoms. The summed E-state index contributed by atoms with van der Waals surface area (Å²) in [6.45, 7) is 3.07. The molecular weight excluding hydrogens is 376 g/mol. The Bertz CT molecular complexity index is 1130. The number of rotatable bonds is 8. The van der Waals surface area contributed by atoms with E-state index in [2.05, 4.69) is 22.2 Å². The maximum absolute atomic E-state index is 5.35. The summed E-state index contributed by atoms with van der Waals surface area (Å²) in [4.78, 5) is 11.8. The number of methoxy groups -OCH3 is 1. The van der Waals surface area contributed by atoms with Crippen LogP contribution >= 0.6 is 0 Å². The van der Waals surface area contributed by atoms with Crippen LogP contribution in [0.5, 0.6) is 5.75 Å². The minimum atomic E-state index is 0.666. The Morgan fingerprint density at radius 1 is 1.07 bits per heavy atom. The molecule has 0 aliphatic heterocycles. The van der Waals surface area contributed by atoms with Crippen molar-refractivity contribution in [3.8, 4) is 11.4 Å². The van der Waals surface area contributed by atoms with Gasteiger partial charge >= 0.3 is 0 Å². The molecule has 0 saturated carbocycles. The molecule has 0 saturated heterocycles. The van der Waals surface area contributed by atoms with Crippen molar-refractivity contribution in [2.45, 2.75) is 19.8 Å². The zero-order chi connectivity index (χ0) is 20.9. The molecular formula is C23H26N6O. The Morgan fingerprint density at radius 3 is 2.67 bits per heavy atom. The van der Waals surface area contributed by atoms with Crippen LogP contribution in [0.2, 0.25) is 0 Å². The lowest BCUT2D eigenvalue weighted by Crippen LogP contribution is -2.21. The third kappa shape index (κ3) is 4.05. The van der Waals surface area contributed by atoms with Crippen molar-refractivity contribution >= 4 is 28.5 Å². The van der Waals surface area contributed by atoms with E-state index in [1.807, 2.05) is 66.3 Å². The molecule has 4 aromatic rings. The van der Waals surface area contributed by atoms with Crippen molar-refractivity contribution in [2.75, 3.05) is 30.9 Å². The van der Waals surface area contributed by atoms with Gasteiger partial charge in [0.2, 0.25) is 5.95 Å². The van der Waals surface area contributed by atoms with Crippen LogP contribution in [0.1, 0.15) is 19.8 Å². The van der Waals surface area contributed by atoms with Gasteiger partial charge < -0.3 is 15.0 Å². The maximum Gasteiger partial charge on any atom is 0.229 e. The summed E-state index contributed by atoms with van der Waals surface area (Å²) in [6, 6.07) is 17.8. The number of para-hydroxylation sites is 1. The third-order valence-electron chi connectivity index (χ3n) is 4.94. The van der Waals surface area contributed by atoms with Gasteiger partial charge in [-0.25, -0.2) is 4.68 Å². The molecule has 0 amide bonds. The smallest absolute Gasteiger partial charge is 0.229 e. The zero-order valence-corrected chi connectivity index (χ0v) is 17.5. The SMILES string of the molecule is CCCCN(C)c1nc(Nc2cccc(OC)c2)c2cnn(-c3ccccc3)c2n1. The van der Waals surface area contributed by atoms with Crippen LogP contribution in [0.3, 0.4) is 0 Å². The largest absolute Gasteiger partial charge is 0.497 e. The van der Waals surface area contributed by atoms with Crippen molar-refractivity contribution in [3.05, 3.63) is 60.8 Å². The summed E-state index contributed by atoms with van der Waals surface area (Å²) in [7, 11) is 3.68. The molecule has 0 atom stereocenters. The highest BCUT2D eigenvalue weighted by Crippen LogP contribution is 2.29. The maximum atomic E-state index is 5.35. The molecule has 0 spiro atoms. The number of nitrogens with one attached hydrogen (secondary N) is 1. The lowest BCUT2D eigenvalue weighted by molar-refractivity contribution is 0.415. The highest BCUT2D eigenvalue weighted by Gasteiger charge is 2.16. The first-order valence-corrected chi connectivity index (χ1v) is 10.1. The second kappa shape index (κ2) is 8.82. The molecule has 2 heterocycles. The average Bonchev–Trinajstić information content (AvgIpc) is 3.22. The van der Waals surface area contributed by atoms with E-state index in [-0.39, 0.29) is 0 Å². The van der Waals surface area contributed by atoms with Gasteiger partial charge in [-0.1, -0.05) is 37.6 Å². The molecule has 0 bridgehead atoms. The third-order valence-corrected chi connectivity index (χ3v) is 4.94. The van der Waals surface area contributed by atoms with E-state index in [0.717, 1.165) is 47.5 Å². The minimum Gasteiger partial charge on any atom is -0.497 e. The van der Waals surface area contributed by atoms with E-state index in [0.29, 0.717) is 11.8 Å². The number of hydrogen-bond donors (Lipinski definition) is 1. The van der Waals surface area contributed by atoms with Gasteiger partial charge in [-0.2, -0.15) is 15.1 Å². The fraction of sp³-hybridized carbons (Fsp3) is 0.261. The van der Waals surface area contributed by atoms with Crippen LogP contribution in [0, 0.1) is 0 Å². The van der Waals surface area contributed by atoms with Crippen LogP contribution in [-0.4, -0.2) is 40.5 Å². The van der Waals surface area contributed by atoms with Gasteiger partial charge in [0.25, 0.3) is 0 Å². The van der Waals surface area contributed by atoms with Crippen LogP contribution in [0.15, 0.2) is 60.8 Å². The monoisotopic (exact) mass is 402 g/mol. The number of nitrogens with zero attached hydrogens (tertiary/aromatic N) is 5. The highest BCUT2D eigenvalue weighted by atomic mass is 16.5. The molecule has 0 aliphatic rings. The Balaban J connectivity index is 1.81. The molecule has 4 rings (SSSR count).